The number of alkyl carbamates (subject to hydrolysis) is 1. The zero-order valence-electron chi connectivity index (χ0n) is 16.5. The van der Waals surface area contributed by atoms with Crippen molar-refractivity contribution in [1.82, 2.24) is 25.8 Å². The Kier molecular flexibility index (Phi) is 5.67. The maximum absolute atomic E-state index is 12.4. The van der Waals surface area contributed by atoms with Gasteiger partial charge in [0.05, 0.1) is 5.92 Å². The normalized spacial score (nSPS) is 29.6. The number of carbonyl (C=O) groups excluding carboxylic acids is 2. The van der Waals surface area contributed by atoms with E-state index in [-0.39, 0.29) is 11.7 Å². The predicted molar refractivity (Wildman–Crippen MR) is 101 cm³/mol. The average Bonchev–Trinajstić information content (AvgIpc) is 3.02. The molecule has 0 radical (unpaired) electrons. The summed E-state index contributed by atoms with van der Waals surface area (Å²) in [5, 5.41) is 30.6. The zero-order valence-corrected chi connectivity index (χ0v) is 17.4. The second-order valence-corrected chi connectivity index (χ2v) is 9.53. The van der Waals surface area contributed by atoms with Crippen LogP contribution in [0.4, 0.5) is 4.79 Å². The molecule has 30 heavy (non-hydrogen) atoms. The van der Waals surface area contributed by atoms with E-state index in [4.69, 9.17) is 4.74 Å². The van der Waals surface area contributed by atoms with Crippen LogP contribution in [0, 0.1) is 17.8 Å². The van der Waals surface area contributed by atoms with Crippen LogP contribution < -0.4 is 10.6 Å². The molecule has 164 valence electrons. The fraction of sp³-hybridized carbons (Fsp3) is 0.647. The summed E-state index contributed by atoms with van der Waals surface area (Å²) >= 11 is 1.20. The first-order valence-corrected chi connectivity index (χ1v) is 10.1. The van der Waals surface area contributed by atoms with Crippen LogP contribution in [0.25, 0.3) is 0 Å². The van der Waals surface area contributed by atoms with E-state index in [1.54, 1.807) is 20.8 Å². The lowest BCUT2D eigenvalue weighted by Crippen LogP contribution is -2.58. The van der Waals surface area contributed by atoms with Crippen LogP contribution in [0.1, 0.15) is 27.2 Å². The van der Waals surface area contributed by atoms with Crippen LogP contribution in [-0.2, 0) is 19.1 Å². The molecule has 12 nitrogen and oxygen atoms in total. The summed E-state index contributed by atoms with van der Waals surface area (Å²) < 4.78 is 5.04. The van der Waals surface area contributed by atoms with Crippen molar-refractivity contribution < 1.29 is 34.1 Å². The SMILES string of the molecule is CC(C)(C)OC(=O)NCC(=O)NC1(C(=O)O)CC(Sc2ncn[nH]2)C2C(C(=O)O)[C@H]21. The zero-order chi connectivity index (χ0) is 22.3. The summed E-state index contributed by atoms with van der Waals surface area (Å²) in [5.41, 5.74) is -2.51. The average molecular weight is 441 g/mol. The molecule has 2 saturated carbocycles. The van der Waals surface area contributed by atoms with Gasteiger partial charge in [0, 0.05) is 11.2 Å². The van der Waals surface area contributed by atoms with E-state index in [1.807, 2.05) is 0 Å². The van der Waals surface area contributed by atoms with E-state index in [1.165, 1.54) is 18.1 Å². The van der Waals surface area contributed by atoms with Gasteiger partial charge in [-0.3, -0.25) is 14.7 Å². The van der Waals surface area contributed by atoms with Crippen molar-refractivity contribution in [1.29, 1.82) is 0 Å². The maximum atomic E-state index is 12.4. The third-order valence-corrected chi connectivity index (χ3v) is 6.28. The first-order valence-electron chi connectivity index (χ1n) is 9.20. The summed E-state index contributed by atoms with van der Waals surface area (Å²) in [6, 6.07) is 0. The second-order valence-electron chi connectivity index (χ2n) is 8.30. The summed E-state index contributed by atoms with van der Waals surface area (Å²) in [6.07, 6.45) is 0.496. The number of aromatic amines is 1. The standard InChI is InChI=1S/C17H23N5O7S/c1-16(2,3)29-15(28)18-5-8(23)21-17(13(26)27)4-7(30-14-19-6-20-22-14)9-10(11(9)17)12(24)25/h6-7,9-11H,4-5H2,1-3H3,(H,18,28)(H,21,23)(H,24,25)(H,26,27)(H,19,20,22)/t7?,9?,10?,11-,17?/m0/s1. The van der Waals surface area contributed by atoms with Crippen molar-refractivity contribution in [2.24, 2.45) is 17.8 Å². The van der Waals surface area contributed by atoms with Crippen molar-refractivity contribution in [3.63, 3.8) is 0 Å². The minimum Gasteiger partial charge on any atom is -0.481 e. The molecule has 1 heterocycles. The molecule has 0 aliphatic heterocycles. The number of fused-ring (bicyclic) bond motifs is 1. The molecule has 3 rings (SSSR count). The van der Waals surface area contributed by atoms with E-state index >= 15 is 0 Å². The van der Waals surface area contributed by atoms with Crippen molar-refractivity contribution >= 4 is 35.7 Å². The van der Waals surface area contributed by atoms with E-state index < -0.39 is 59.4 Å². The Hall–Kier alpha value is -2.83. The van der Waals surface area contributed by atoms with Crippen molar-refractivity contribution in [2.45, 2.75) is 48.7 Å². The van der Waals surface area contributed by atoms with Crippen molar-refractivity contribution in [2.75, 3.05) is 6.54 Å². The van der Waals surface area contributed by atoms with Crippen LogP contribution in [-0.4, -0.2) is 72.3 Å². The Morgan fingerprint density at radius 3 is 2.57 bits per heavy atom. The van der Waals surface area contributed by atoms with E-state index in [2.05, 4.69) is 25.8 Å². The lowest BCUT2D eigenvalue weighted by atomic mass is 9.90. The lowest BCUT2D eigenvalue weighted by Gasteiger charge is -2.30. The predicted octanol–water partition coefficient (Wildman–Crippen LogP) is 0.0802. The molecule has 1 aromatic rings. The Bertz CT molecular complexity index is 855. The van der Waals surface area contributed by atoms with Crippen LogP contribution in [0.3, 0.4) is 0 Å². The molecular weight excluding hydrogens is 418 g/mol. The van der Waals surface area contributed by atoms with Gasteiger partial charge in [-0.25, -0.2) is 14.6 Å². The number of aromatic nitrogens is 3. The summed E-state index contributed by atoms with van der Waals surface area (Å²) in [7, 11) is 0. The molecule has 5 atom stereocenters. The molecule has 2 aliphatic rings. The molecule has 2 fully saturated rings. The van der Waals surface area contributed by atoms with Gasteiger partial charge < -0.3 is 25.6 Å². The van der Waals surface area contributed by atoms with Crippen molar-refractivity contribution in [3.05, 3.63) is 6.33 Å². The quantitative estimate of drug-likeness (QED) is 0.388. The fourth-order valence-electron chi connectivity index (χ4n) is 4.03. The fourth-order valence-corrected chi connectivity index (χ4v) is 5.37. The number of hydrogen-bond donors (Lipinski definition) is 5. The van der Waals surface area contributed by atoms with Gasteiger partial charge in [0.2, 0.25) is 5.91 Å². The number of carboxylic acid groups (broad SMARTS) is 2. The van der Waals surface area contributed by atoms with Gasteiger partial charge in [0.1, 0.15) is 24.0 Å². The maximum Gasteiger partial charge on any atom is 0.408 e. The van der Waals surface area contributed by atoms with Gasteiger partial charge in [0.15, 0.2) is 5.16 Å². The van der Waals surface area contributed by atoms with Crippen LogP contribution in [0.2, 0.25) is 0 Å². The van der Waals surface area contributed by atoms with Crippen LogP contribution in [0.15, 0.2) is 11.5 Å². The first kappa shape index (κ1) is 21.9. The molecule has 5 N–H and O–H groups in total. The summed E-state index contributed by atoms with van der Waals surface area (Å²) in [4.78, 5) is 51.9. The first-order chi connectivity index (χ1) is 13.9. The summed E-state index contributed by atoms with van der Waals surface area (Å²) in [6.45, 7) is 4.49. The largest absolute Gasteiger partial charge is 0.481 e. The molecule has 0 aromatic carbocycles. The second kappa shape index (κ2) is 7.78. The smallest absolute Gasteiger partial charge is 0.408 e. The minimum absolute atomic E-state index is 0.0188. The van der Waals surface area contributed by atoms with Gasteiger partial charge in [-0.1, -0.05) is 11.8 Å². The Morgan fingerprint density at radius 1 is 1.33 bits per heavy atom. The number of nitrogens with one attached hydrogen (secondary N) is 3. The number of aliphatic carboxylic acids is 2. The molecule has 0 bridgehead atoms. The van der Waals surface area contributed by atoms with E-state index in [0.717, 1.165) is 0 Å². The van der Waals surface area contributed by atoms with Gasteiger partial charge >= 0.3 is 18.0 Å². The molecule has 2 amide bonds. The van der Waals surface area contributed by atoms with Crippen LogP contribution in [0.5, 0.6) is 0 Å². The number of thioether (sulfide) groups is 1. The molecule has 1 aromatic heterocycles. The van der Waals surface area contributed by atoms with Crippen LogP contribution >= 0.6 is 11.8 Å². The number of rotatable bonds is 7. The highest BCUT2D eigenvalue weighted by Gasteiger charge is 2.75. The van der Waals surface area contributed by atoms with Gasteiger partial charge in [0.25, 0.3) is 0 Å². The molecule has 4 unspecified atom stereocenters. The topological polar surface area (TPSA) is 184 Å². The molecule has 0 saturated heterocycles. The van der Waals surface area contributed by atoms with Gasteiger partial charge in [-0.2, -0.15) is 5.10 Å². The Morgan fingerprint density at radius 2 is 2.03 bits per heavy atom. The number of ether oxygens (including phenoxy) is 1. The number of H-pyrrole nitrogens is 1. The number of amides is 2. The van der Waals surface area contributed by atoms with E-state index in [9.17, 15) is 29.4 Å². The molecular formula is C17H23N5O7S. The number of carbonyl (C=O) groups is 4. The highest BCUT2D eigenvalue weighted by molar-refractivity contribution is 7.99. The molecule has 13 heteroatoms. The number of hydrogen-bond acceptors (Lipinski definition) is 8. The lowest BCUT2D eigenvalue weighted by molar-refractivity contribution is -0.149. The Labute approximate surface area is 175 Å². The third kappa shape index (κ3) is 4.35. The van der Waals surface area contributed by atoms with E-state index in [0.29, 0.717) is 5.16 Å². The highest BCUT2D eigenvalue weighted by atomic mass is 32.2. The minimum atomic E-state index is -1.75. The Balaban J connectivity index is 1.71. The molecule has 2 aliphatic carbocycles. The monoisotopic (exact) mass is 441 g/mol. The number of carboxylic acids is 2. The van der Waals surface area contributed by atoms with Crippen molar-refractivity contribution in [3.8, 4) is 0 Å². The molecule has 0 spiro atoms. The third-order valence-electron chi connectivity index (χ3n) is 5.07. The van der Waals surface area contributed by atoms with Gasteiger partial charge in [-0.05, 0) is 33.1 Å². The summed E-state index contributed by atoms with van der Waals surface area (Å²) in [5.74, 6) is -5.27. The van der Waals surface area contributed by atoms with Gasteiger partial charge in [-0.15, -0.1) is 0 Å². The number of nitrogens with zero attached hydrogens (tertiary/aromatic N) is 2. The highest BCUT2D eigenvalue weighted by Crippen LogP contribution is 2.65.